The summed E-state index contributed by atoms with van der Waals surface area (Å²) in [5.41, 5.74) is 3.23. The second-order valence-corrected chi connectivity index (χ2v) is 10.2. The van der Waals surface area contributed by atoms with E-state index in [0.717, 1.165) is 21.1 Å². The van der Waals surface area contributed by atoms with E-state index in [2.05, 4.69) is 20.8 Å². The van der Waals surface area contributed by atoms with Crippen molar-refractivity contribution in [1.29, 1.82) is 0 Å². The van der Waals surface area contributed by atoms with E-state index in [1.54, 1.807) is 4.68 Å². The summed E-state index contributed by atoms with van der Waals surface area (Å²) in [7, 11) is 0.660. The molecule has 10 nitrogen and oxygen atoms in total. The van der Waals surface area contributed by atoms with Gasteiger partial charge in [0.25, 0.3) is 0 Å². The van der Waals surface area contributed by atoms with E-state index < -0.39 is 10.0 Å². The van der Waals surface area contributed by atoms with Crippen LogP contribution in [0.3, 0.4) is 0 Å². The summed E-state index contributed by atoms with van der Waals surface area (Å²) in [4.78, 5) is 12.7. The fourth-order valence-corrected chi connectivity index (χ4v) is 4.47. The van der Waals surface area contributed by atoms with Gasteiger partial charge in [-0.15, -0.1) is 5.10 Å². The van der Waals surface area contributed by atoms with Gasteiger partial charge in [-0.05, 0) is 59.7 Å². The molecule has 12 heteroatoms. The largest absolute Gasteiger partial charge is 0.495 e. The average molecular weight is 477 g/mol. The fraction of sp³-hybridized carbons (Fsp3) is 0.300. The van der Waals surface area contributed by atoms with Crippen molar-refractivity contribution in [2.75, 3.05) is 32.3 Å². The molecule has 0 radical (unpaired) electrons. The van der Waals surface area contributed by atoms with Gasteiger partial charge in [-0.1, -0.05) is 23.9 Å². The molecule has 2 aromatic carbocycles. The lowest BCUT2D eigenvalue weighted by Gasteiger charge is -2.15. The SMILES string of the molecule is COc1ccc(S(=O)(=O)N(C)C)cc1NC(=O)CSc1nnnn1-c1cccc(C)c1C. The number of thioether (sulfide) groups is 1. The summed E-state index contributed by atoms with van der Waals surface area (Å²) < 4.78 is 32.8. The predicted octanol–water partition coefficient (Wildman–Crippen LogP) is 2.27. The Kier molecular flexibility index (Phi) is 7.16. The van der Waals surface area contributed by atoms with Gasteiger partial charge in [0, 0.05) is 14.1 Å². The van der Waals surface area contributed by atoms with Crippen LogP contribution < -0.4 is 10.1 Å². The van der Waals surface area contributed by atoms with Crippen LogP contribution in [0.5, 0.6) is 5.75 Å². The van der Waals surface area contributed by atoms with Crippen molar-refractivity contribution >= 4 is 33.4 Å². The first-order valence-electron chi connectivity index (χ1n) is 9.53. The number of hydrogen-bond donors (Lipinski definition) is 1. The first-order chi connectivity index (χ1) is 15.1. The Morgan fingerprint density at radius 3 is 2.66 bits per heavy atom. The van der Waals surface area contributed by atoms with Gasteiger partial charge in [0.1, 0.15) is 5.75 Å². The summed E-state index contributed by atoms with van der Waals surface area (Å²) in [6, 6.07) is 10.1. The number of benzene rings is 2. The highest BCUT2D eigenvalue weighted by molar-refractivity contribution is 7.99. The smallest absolute Gasteiger partial charge is 0.242 e. The number of ether oxygens (including phenoxy) is 1. The second kappa shape index (κ2) is 9.67. The normalized spacial score (nSPS) is 11.6. The number of aryl methyl sites for hydroxylation is 1. The number of nitrogens with one attached hydrogen (secondary N) is 1. The van der Waals surface area contributed by atoms with Gasteiger partial charge in [-0.3, -0.25) is 4.79 Å². The number of rotatable bonds is 8. The summed E-state index contributed by atoms with van der Waals surface area (Å²) in [5.74, 6) is 0.00321. The van der Waals surface area contributed by atoms with Crippen molar-refractivity contribution in [2.45, 2.75) is 23.9 Å². The van der Waals surface area contributed by atoms with Crippen LogP contribution in [0.4, 0.5) is 5.69 Å². The van der Waals surface area contributed by atoms with E-state index in [1.165, 1.54) is 51.2 Å². The number of anilines is 1. The molecule has 0 bridgehead atoms. The van der Waals surface area contributed by atoms with Crippen LogP contribution in [0, 0.1) is 13.8 Å². The molecular weight excluding hydrogens is 452 g/mol. The number of carbonyl (C=O) groups is 1. The van der Waals surface area contributed by atoms with Crippen molar-refractivity contribution in [1.82, 2.24) is 24.5 Å². The van der Waals surface area contributed by atoms with Crippen molar-refractivity contribution in [2.24, 2.45) is 0 Å². The van der Waals surface area contributed by atoms with Crippen molar-refractivity contribution in [3.8, 4) is 11.4 Å². The molecule has 0 saturated heterocycles. The molecule has 170 valence electrons. The molecule has 0 aliphatic heterocycles. The number of carbonyl (C=O) groups excluding carboxylic acids is 1. The van der Waals surface area contributed by atoms with Crippen molar-refractivity contribution < 1.29 is 17.9 Å². The lowest BCUT2D eigenvalue weighted by molar-refractivity contribution is -0.113. The Bertz CT molecular complexity index is 1240. The van der Waals surface area contributed by atoms with E-state index in [4.69, 9.17) is 4.74 Å². The third-order valence-electron chi connectivity index (χ3n) is 4.80. The molecule has 0 aliphatic carbocycles. The monoisotopic (exact) mass is 476 g/mol. The highest BCUT2D eigenvalue weighted by Crippen LogP contribution is 2.29. The number of hydrogen-bond acceptors (Lipinski definition) is 8. The first-order valence-corrected chi connectivity index (χ1v) is 12.0. The molecule has 0 fully saturated rings. The van der Waals surface area contributed by atoms with Gasteiger partial charge in [0.05, 0.1) is 29.1 Å². The number of methoxy groups -OCH3 is 1. The minimum absolute atomic E-state index is 0.0129. The van der Waals surface area contributed by atoms with Gasteiger partial charge < -0.3 is 10.1 Å². The number of amides is 1. The maximum Gasteiger partial charge on any atom is 0.242 e. The molecule has 0 aliphatic rings. The molecular formula is C20H24N6O4S2. The van der Waals surface area contributed by atoms with Crippen LogP contribution >= 0.6 is 11.8 Å². The lowest BCUT2D eigenvalue weighted by atomic mass is 10.1. The van der Waals surface area contributed by atoms with Crippen LogP contribution in [-0.2, 0) is 14.8 Å². The van der Waals surface area contributed by atoms with Gasteiger partial charge in [0.2, 0.25) is 21.1 Å². The van der Waals surface area contributed by atoms with Gasteiger partial charge in [0.15, 0.2) is 0 Å². The van der Waals surface area contributed by atoms with Crippen LogP contribution in [0.1, 0.15) is 11.1 Å². The van der Waals surface area contributed by atoms with Gasteiger partial charge >= 0.3 is 0 Å². The highest BCUT2D eigenvalue weighted by Gasteiger charge is 2.20. The van der Waals surface area contributed by atoms with E-state index >= 15 is 0 Å². The van der Waals surface area contributed by atoms with Crippen molar-refractivity contribution in [3.05, 3.63) is 47.5 Å². The number of sulfonamides is 1. The molecule has 1 aromatic heterocycles. The number of aromatic nitrogens is 4. The number of tetrazole rings is 1. The molecule has 1 N–H and O–H groups in total. The first kappa shape index (κ1) is 23.7. The Hall–Kier alpha value is -2.96. The summed E-state index contributed by atoms with van der Waals surface area (Å²) in [6.45, 7) is 3.98. The highest BCUT2D eigenvalue weighted by atomic mass is 32.2. The zero-order valence-electron chi connectivity index (χ0n) is 18.4. The van der Waals surface area contributed by atoms with Crippen LogP contribution in [-0.4, -0.2) is 65.8 Å². The molecule has 3 aromatic rings. The Balaban J connectivity index is 1.77. The molecule has 1 heterocycles. The van der Waals surface area contributed by atoms with Crippen LogP contribution in [0.15, 0.2) is 46.5 Å². The summed E-state index contributed by atoms with van der Waals surface area (Å²) >= 11 is 1.17. The Morgan fingerprint density at radius 2 is 1.97 bits per heavy atom. The molecule has 0 atom stereocenters. The minimum atomic E-state index is -3.66. The van der Waals surface area contributed by atoms with Gasteiger partial charge in [-0.25, -0.2) is 12.7 Å². The molecule has 32 heavy (non-hydrogen) atoms. The third-order valence-corrected chi connectivity index (χ3v) is 7.53. The lowest BCUT2D eigenvalue weighted by Crippen LogP contribution is -2.22. The van der Waals surface area contributed by atoms with E-state index in [0.29, 0.717) is 10.9 Å². The zero-order valence-corrected chi connectivity index (χ0v) is 20.0. The fourth-order valence-electron chi connectivity index (χ4n) is 2.86. The van der Waals surface area contributed by atoms with Crippen molar-refractivity contribution in [3.63, 3.8) is 0 Å². The minimum Gasteiger partial charge on any atom is -0.495 e. The van der Waals surface area contributed by atoms with E-state index in [9.17, 15) is 13.2 Å². The molecule has 0 spiro atoms. The second-order valence-electron chi connectivity index (χ2n) is 7.08. The maximum atomic E-state index is 12.6. The maximum absolute atomic E-state index is 12.6. The van der Waals surface area contributed by atoms with Gasteiger partial charge in [-0.2, -0.15) is 4.68 Å². The molecule has 0 saturated carbocycles. The molecule has 3 rings (SSSR count). The third kappa shape index (κ3) is 4.92. The summed E-state index contributed by atoms with van der Waals surface area (Å²) in [5, 5.41) is 15.0. The van der Waals surface area contributed by atoms with E-state index in [1.807, 2.05) is 32.0 Å². The molecule has 0 unspecified atom stereocenters. The van der Waals surface area contributed by atoms with E-state index in [-0.39, 0.29) is 22.2 Å². The van der Waals surface area contributed by atoms with Crippen LogP contribution in [0.2, 0.25) is 0 Å². The summed E-state index contributed by atoms with van der Waals surface area (Å²) in [6.07, 6.45) is 0. The predicted molar refractivity (Wildman–Crippen MR) is 122 cm³/mol. The van der Waals surface area contributed by atoms with Crippen LogP contribution in [0.25, 0.3) is 5.69 Å². The Labute approximate surface area is 191 Å². The standard InChI is InChI=1S/C20H24N6O4S2/c1-13-7-6-8-17(14(13)2)26-20(22-23-24-26)31-12-19(27)21-16-11-15(9-10-18(16)30-5)32(28,29)25(3)4/h6-11H,12H2,1-5H3,(H,21,27). The molecule has 1 amide bonds. The Morgan fingerprint density at radius 1 is 1.22 bits per heavy atom. The average Bonchev–Trinajstić information content (AvgIpc) is 3.22. The number of nitrogens with zero attached hydrogens (tertiary/aromatic N) is 5. The quantitative estimate of drug-likeness (QED) is 0.492. The zero-order chi connectivity index (χ0) is 23.5. The topological polar surface area (TPSA) is 119 Å².